The third-order valence-corrected chi connectivity index (χ3v) is 5.12. The molecule has 2 heterocycles. The van der Waals surface area contributed by atoms with Crippen molar-refractivity contribution in [2.24, 2.45) is 0 Å². The van der Waals surface area contributed by atoms with Crippen LogP contribution in [0.1, 0.15) is 16.7 Å². The Labute approximate surface area is 158 Å². The molecule has 0 spiro atoms. The van der Waals surface area contributed by atoms with Crippen LogP contribution in [-0.2, 0) is 9.59 Å². The Morgan fingerprint density at radius 1 is 1.08 bits per heavy atom. The maximum atomic E-state index is 12.8. The molecule has 0 atom stereocenters. The van der Waals surface area contributed by atoms with Gasteiger partial charge in [0.15, 0.2) is 11.5 Å². The van der Waals surface area contributed by atoms with E-state index >= 15 is 0 Å². The Morgan fingerprint density at radius 2 is 1.81 bits per heavy atom. The Bertz CT molecular complexity index is 984. The van der Waals surface area contributed by atoms with Gasteiger partial charge in [-0.05, 0) is 60.9 Å². The lowest BCUT2D eigenvalue weighted by Gasteiger charge is -2.16. The van der Waals surface area contributed by atoms with Crippen molar-refractivity contribution in [2.45, 2.75) is 13.8 Å². The highest BCUT2D eigenvalue weighted by molar-refractivity contribution is 9.10. The van der Waals surface area contributed by atoms with Gasteiger partial charge in [0.25, 0.3) is 11.8 Å². The molecule has 2 aliphatic heterocycles. The lowest BCUT2D eigenvalue weighted by molar-refractivity contribution is -0.117. The second-order valence-electron chi connectivity index (χ2n) is 6.14. The topological polar surface area (TPSA) is 67.9 Å². The van der Waals surface area contributed by atoms with Gasteiger partial charge in [0, 0.05) is 4.47 Å². The van der Waals surface area contributed by atoms with E-state index in [-0.39, 0.29) is 12.4 Å². The second kappa shape index (κ2) is 6.17. The second-order valence-corrected chi connectivity index (χ2v) is 6.99. The lowest BCUT2D eigenvalue weighted by Crippen LogP contribution is -2.35. The van der Waals surface area contributed by atoms with Crippen molar-refractivity contribution in [3.63, 3.8) is 0 Å². The molecular weight excluding hydrogens is 400 g/mol. The monoisotopic (exact) mass is 414 g/mol. The van der Waals surface area contributed by atoms with Crippen molar-refractivity contribution in [2.75, 3.05) is 11.8 Å². The van der Waals surface area contributed by atoms with Crippen molar-refractivity contribution >= 4 is 39.5 Å². The zero-order chi connectivity index (χ0) is 18.4. The van der Waals surface area contributed by atoms with Crippen LogP contribution in [0.4, 0.5) is 5.69 Å². The molecule has 1 saturated heterocycles. The molecule has 2 aromatic carbocycles. The van der Waals surface area contributed by atoms with Gasteiger partial charge in [0.2, 0.25) is 6.79 Å². The average molecular weight is 415 g/mol. The number of hydrogen-bond acceptors (Lipinski definition) is 4. The van der Waals surface area contributed by atoms with Gasteiger partial charge in [0.1, 0.15) is 5.57 Å². The largest absolute Gasteiger partial charge is 0.454 e. The normalized spacial score (nSPS) is 17.2. The zero-order valence-corrected chi connectivity index (χ0v) is 15.7. The fraction of sp³-hybridized carbons (Fsp3) is 0.158. The van der Waals surface area contributed by atoms with Gasteiger partial charge >= 0.3 is 0 Å². The molecule has 0 aliphatic carbocycles. The van der Waals surface area contributed by atoms with E-state index in [4.69, 9.17) is 9.47 Å². The molecule has 0 aromatic heterocycles. The van der Waals surface area contributed by atoms with Crippen LogP contribution < -0.4 is 19.9 Å². The van der Waals surface area contributed by atoms with E-state index in [0.29, 0.717) is 27.2 Å². The van der Waals surface area contributed by atoms with Crippen LogP contribution in [0.3, 0.4) is 0 Å². The highest BCUT2D eigenvalue weighted by Gasteiger charge is 2.34. The fourth-order valence-corrected chi connectivity index (χ4v) is 3.24. The fourth-order valence-electron chi connectivity index (χ4n) is 2.80. The smallest absolute Gasteiger partial charge is 0.282 e. The molecule has 4 rings (SSSR count). The maximum Gasteiger partial charge on any atom is 0.282 e. The summed E-state index contributed by atoms with van der Waals surface area (Å²) in [6.07, 6.45) is 1.55. The predicted octanol–water partition coefficient (Wildman–Crippen LogP) is 3.26. The van der Waals surface area contributed by atoms with E-state index < -0.39 is 11.8 Å². The minimum absolute atomic E-state index is 0.0581. The minimum atomic E-state index is -0.446. The summed E-state index contributed by atoms with van der Waals surface area (Å²) in [5.74, 6) is 0.357. The summed E-state index contributed by atoms with van der Waals surface area (Å²) < 4.78 is 11.4. The molecule has 6 nitrogen and oxygen atoms in total. The molecule has 0 unspecified atom stereocenters. The first kappa shape index (κ1) is 16.7. The van der Waals surface area contributed by atoms with Crippen molar-refractivity contribution in [3.8, 4) is 11.5 Å². The summed E-state index contributed by atoms with van der Waals surface area (Å²) in [6.45, 7) is 4.11. The van der Waals surface area contributed by atoms with Crippen molar-refractivity contribution in [3.05, 3.63) is 57.1 Å². The number of rotatable bonds is 2. The number of benzene rings is 2. The maximum absolute atomic E-state index is 12.8. The van der Waals surface area contributed by atoms with Gasteiger partial charge in [-0.25, -0.2) is 5.01 Å². The summed E-state index contributed by atoms with van der Waals surface area (Å²) in [4.78, 5) is 25.1. The van der Waals surface area contributed by atoms with Gasteiger partial charge in [-0.3, -0.25) is 15.0 Å². The van der Waals surface area contributed by atoms with Crippen molar-refractivity contribution < 1.29 is 19.1 Å². The molecule has 0 radical (unpaired) electrons. The third-order valence-electron chi connectivity index (χ3n) is 4.43. The average Bonchev–Trinajstić information content (AvgIpc) is 3.16. The number of nitrogens with zero attached hydrogens (tertiary/aromatic N) is 1. The van der Waals surface area contributed by atoms with E-state index in [1.807, 2.05) is 26.0 Å². The van der Waals surface area contributed by atoms with Crippen LogP contribution in [0.25, 0.3) is 6.08 Å². The number of nitrogens with one attached hydrogen (secondary N) is 1. The first-order chi connectivity index (χ1) is 12.4. The molecule has 1 N–H and O–H groups in total. The van der Waals surface area contributed by atoms with Crippen molar-refractivity contribution in [1.29, 1.82) is 0 Å². The van der Waals surface area contributed by atoms with E-state index in [1.54, 1.807) is 24.3 Å². The van der Waals surface area contributed by atoms with Gasteiger partial charge in [-0.15, -0.1) is 0 Å². The number of anilines is 1. The molecule has 2 aromatic rings. The molecule has 26 heavy (non-hydrogen) atoms. The highest BCUT2D eigenvalue weighted by atomic mass is 79.9. The number of hydrogen-bond donors (Lipinski definition) is 1. The number of ether oxygens (including phenoxy) is 2. The summed E-state index contributed by atoms with van der Waals surface area (Å²) in [6, 6.07) is 9.08. The van der Waals surface area contributed by atoms with E-state index in [9.17, 15) is 9.59 Å². The first-order valence-corrected chi connectivity index (χ1v) is 8.77. The van der Waals surface area contributed by atoms with Gasteiger partial charge in [-0.1, -0.05) is 22.0 Å². The first-order valence-electron chi connectivity index (χ1n) is 7.97. The number of aryl methyl sites for hydroxylation is 2. The summed E-state index contributed by atoms with van der Waals surface area (Å²) in [7, 11) is 0. The Hall–Kier alpha value is -2.80. The summed E-state index contributed by atoms with van der Waals surface area (Å²) >= 11 is 3.44. The molecule has 0 bridgehead atoms. The Balaban J connectivity index is 1.69. The molecule has 0 saturated carbocycles. The summed E-state index contributed by atoms with van der Waals surface area (Å²) in [5, 5.41) is 1.27. The Kier molecular flexibility index (Phi) is 3.96. The molecule has 7 heteroatoms. The van der Waals surface area contributed by atoms with Gasteiger partial charge in [0.05, 0.1) is 5.69 Å². The quantitative estimate of drug-likeness (QED) is 0.604. The van der Waals surface area contributed by atoms with Crippen LogP contribution >= 0.6 is 15.9 Å². The van der Waals surface area contributed by atoms with Crippen LogP contribution in [0, 0.1) is 13.8 Å². The standard InChI is InChI=1S/C19H15BrN2O4/c1-10-3-4-13(5-11(10)2)22-19(24)14(18(23)21-22)6-12-7-16-17(8-15(12)20)26-9-25-16/h3-8H,9H2,1-2H3,(H,21,23)/b14-6-. The molecule has 132 valence electrons. The zero-order valence-electron chi connectivity index (χ0n) is 14.1. The molecular formula is C19H15BrN2O4. The number of carbonyl (C=O) groups excluding carboxylic acids is 2. The number of carbonyl (C=O) groups is 2. The van der Waals surface area contributed by atoms with E-state index in [0.717, 1.165) is 11.1 Å². The van der Waals surface area contributed by atoms with Crippen LogP contribution in [0.5, 0.6) is 11.5 Å². The molecule has 2 amide bonds. The summed E-state index contributed by atoms with van der Waals surface area (Å²) in [5.41, 5.74) is 6.12. The SMILES string of the molecule is Cc1ccc(N2NC(=O)/C(=C/c3cc4c(cc3Br)OCO4)C2=O)cc1C. The van der Waals surface area contributed by atoms with Crippen LogP contribution in [0.15, 0.2) is 40.4 Å². The van der Waals surface area contributed by atoms with Gasteiger partial charge in [-0.2, -0.15) is 0 Å². The van der Waals surface area contributed by atoms with E-state index in [2.05, 4.69) is 21.4 Å². The van der Waals surface area contributed by atoms with Gasteiger partial charge < -0.3 is 9.47 Å². The lowest BCUT2D eigenvalue weighted by atomic mass is 10.1. The van der Waals surface area contributed by atoms with Crippen molar-refractivity contribution in [1.82, 2.24) is 5.43 Å². The third kappa shape index (κ3) is 2.74. The Morgan fingerprint density at radius 3 is 2.54 bits per heavy atom. The molecule has 1 fully saturated rings. The van der Waals surface area contributed by atoms with Crippen LogP contribution in [-0.4, -0.2) is 18.6 Å². The number of fused-ring (bicyclic) bond motifs is 1. The molecule has 2 aliphatic rings. The van der Waals surface area contributed by atoms with E-state index in [1.165, 1.54) is 5.01 Å². The highest BCUT2D eigenvalue weighted by Crippen LogP contribution is 2.38. The number of amides is 2. The number of hydrazine groups is 1. The van der Waals surface area contributed by atoms with Crippen LogP contribution in [0.2, 0.25) is 0 Å². The predicted molar refractivity (Wildman–Crippen MR) is 99.8 cm³/mol. The minimum Gasteiger partial charge on any atom is -0.454 e. The number of halogens is 1.